The highest BCUT2D eigenvalue weighted by Crippen LogP contribution is 2.32. The standard InChI is InChI=1S/C36H39Cl2N3O5S/c1-4-5-21-39-36(43)33(22-27-11-7-6-8-12-27)40(24-28-13-9-10-14-31(28)37)35(42)25-41(29-17-20-34(46-3)32(38)23-29)47(44,45)30-18-15-26(2)16-19-30/h6-20,23,33H,4-5,21-22,24-25H2,1-3H3,(H,39,43). The van der Waals surface area contributed by atoms with Crippen LogP contribution in [-0.4, -0.2) is 51.4 Å². The van der Waals surface area contributed by atoms with Gasteiger partial charge in [0.05, 0.1) is 22.7 Å². The van der Waals surface area contributed by atoms with Gasteiger partial charge >= 0.3 is 0 Å². The van der Waals surface area contributed by atoms with E-state index in [4.69, 9.17) is 27.9 Å². The van der Waals surface area contributed by atoms with Gasteiger partial charge in [0.1, 0.15) is 18.3 Å². The van der Waals surface area contributed by atoms with Crippen molar-refractivity contribution in [1.82, 2.24) is 10.2 Å². The average molecular weight is 697 g/mol. The average Bonchev–Trinajstić information content (AvgIpc) is 3.06. The molecule has 4 aromatic rings. The molecule has 0 bridgehead atoms. The van der Waals surface area contributed by atoms with Crippen LogP contribution in [0.1, 0.15) is 36.5 Å². The topological polar surface area (TPSA) is 96.0 Å². The van der Waals surface area contributed by atoms with Crippen molar-refractivity contribution >= 4 is 50.7 Å². The molecule has 1 N–H and O–H groups in total. The van der Waals surface area contributed by atoms with E-state index in [2.05, 4.69) is 5.32 Å². The molecule has 0 radical (unpaired) electrons. The van der Waals surface area contributed by atoms with Crippen molar-refractivity contribution < 1.29 is 22.7 Å². The second-order valence-electron chi connectivity index (χ2n) is 11.1. The number of anilines is 1. The van der Waals surface area contributed by atoms with Gasteiger partial charge in [-0.1, -0.05) is 103 Å². The number of aryl methyl sites for hydroxylation is 1. The van der Waals surface area contributed by atoms with E-state index in [1.54, 1.807) is 42.5 Å². The summed E-state index contributed by atoms with van der Waals surface area (Å²) < 4.78 is 34.8. The third kappa shape index (κ3) is 9.28. The number of nitrogens with one attached hydrogen (secondary N) is 1. The van der Waals surface area contributed by atoms with E-state index in [9.17, 15) is 18.0 Å². The molecule has 1 unspecified atom stereocenters. The van der Waals surface area contributed by atoms with Crippen LogP contribution in [0.5, 0.6) is 5.75 Å². The lowest BCUT2D eigenvalue weighted by Crippen LogP contribution is -2.53. The van der Waals surface area contributed by atoms with Crippen LogP contribution in [0, 0.1) is 6.92 Å². The summed E-state index contributed by atoms with van der Waals surface area (Å²) in [4.78, 5) is 29.9. The zero-order valence-corrected chi connectivity index (χ0v) is 29.0. The molecule has 0 saturated heterocycles. The molecule has 0 aliphatic rings. The van der Waals surface area contributed by atoms with Crippen LogP contribution >= 0.6 is 23.2 Å². The summed E-state index contributed by atoms with van der Waals surface area (Å²) in [5.41, 5.74) is 2.49. The Labute approximate surface area is 287 Å². The number of unbranched alkanes of at least 4 members (excludes halogenated alkanes) is 1. The van der Waals surface area contributed by atoms with Gasteiger partial charge in [0, 0.05) is 24.5 Å². The second-order valence-corrected chi connectivity index (χ2v) is 13.8. The predicted octanol–water partition coefficient (Wildman–Crippen LogP) is 7.06. The summed E-state index contributed by atoms with van der Waals surface area (Å²) in [5, 5.41) is 3.57. The molecule has 0 aromatic heterocycles. The molecule has 1 atom stereocenters. The first-order chi connectivity index (χ1) is 22.5. The van der Waals surface area contributed by atoms with Crippen molar-refractivity contribution in [3.05, 3.63) is 124 Å². The van der Waals surface area contributed by atoms with Crippen LogP contribution in [0.2, 0.25) is 10.0 Å². The number of halogens is 2. The van der Waals surface area contributed by atoms with Gasteiger partial charge in [0.2, 0.25) is 11.8 Å². The molecular weight excluding hydrogens is 657 g/mol. The fourth-order valence-corrected chi connectivity index (χ4v) is 6.90. The number of hydrogen-bond acceptors (Lipinski definition) is 5. The molecule has 248 valence electrons. The molecular formula is C36H39Cl2N3O5S. The highest BCUT2D eigenvalue weighted by molar-refractivity contribution is 7.92. The molecule has 4 rings (SSSR count). The number of amides is 2. The Morgan fingerprint density at radius 2 is 1.57 bits per heavy atom. The van der Waals surface area contributed by atoms with E-state index in [-0.39, 0.29) is 34.5 Å². The van der Waals surface area contributed by atoms with Gasteiger partial charge in [0.15, 0.2) is 0 Å². The van der Waals surface area contributed by atoms with Gasteiger partial charge in [-0.15, -0.1) is 0 Å². The number of carbonyl (C=O) groups excluding carboxylic acids is 2. The highest BCUT2D eigenvalue weighted by Gasteiger charge is 2.35. The number of hydrogen-bond donors (Lipinski definition) is 1. The van der Waals surface area contributed by atoms with Crippen molar-refractivity contribution in [2.75, 3.05) is 24.5 Å². The normalized spacial score (nSPS) is 11.9. The Kier molecular flexibility index (Phi) is 12.7. The van der Waals surface area contributed by atoms with Crippen molar-refractivity contribution in [2.45, 2.75) is 50.6 Å². The van der Waals surface area contributed by atoms with Gasteiger partial charge in [-0.25, -0.2) is 8.42 Å². The maximum absolute atomic E-state index is 14.6. The smallest absolute Gasteiger partial charge is 0.264 e. The van der Waals surface area contributed by atoms with Crippen LogP contribution in [0.25, 0.3) is 0 Å². The Morgan fingerprint density at radius 3 is 2.21 bits per heavy atom. The highest BCUT2D eigenvalue weighted by atomic mass is 35.5. The van der Waals surface area contributed by atoms with Crippen molar-refractivity contribution in [3.63, 3.8) is 0 Å². The molecule has 4 aromatic carbocycles. The van der Waals surface area contributed by atoms with Crippen molar-refractivity contribution in [2.24, 2.45) is 0 Å². The summed E-state index contributed by atoms with van der Waals surface area (Å²) >= 11 is 13.0. The first-order valence-corrected chi connectivity index (χ1v) is 17.5. The molecule has 8 nitrogen and oxygen atoms in total. The first kappa shape index (κ1) is 35.8. The summed E-state index contributed by atoms with van der Waals surface area (Å²) in [7, 11) is -2.82. The molecule has 2 amide bonds. The van der Waals surface area contributed by atoms with E-state index in [1.165, 1.54) is 36.3 Å². The molecule has 0 aliphatic heterocycles. The van der Waals surface area contributed by atoms with Crippen LogP contribution in [0.3, 0.4) is 0 Å². The number of nitrogens with zero attached hydrogens (tertiary/aromatic N) is 2. The lowest BCUT2D eigenvalue weighted by atomic mass is 10.0. The lowest BCUT2D eigenvalue weighted by Gasteiger charge is -2.34. The van der Waals surface area contributed by atoms with E-state index in [0.29, 0.717) is 22.9 Å². The van der Waals surface area contributed by atoms with Gasteiger partial charge in [-0.05, 0) is 60.9 Å². The number of sulfonamides is 1. The number of carbonyl (C=O) groups is 2. The van der Waals surface area contributed by atoms with Crippen LogP contribution in [-0.2, 0) is 32.6 Å². The molecule has 0 fully saturated rings. The zero-order chi connectivity index (χ0) is 34.0. The molecule has 11 heteroatoms. The van der Waals surface area contributed by atoms with Crippen molar-refractivity contribution in [3.8, 4) is 5.75 Å². The lowest BCUT2D eigenvalue weighted by molar-refractivity contribution is -0.140. The Bertz CT molecular complexity index is 1770. The van der Waals surface area contributed by atoms with E-state index in [1.807, 2.05) is 44.2 Å². The fraction of sp³-hybridized carbons (Fsp3) is 0.278. The van der Waals surface area contributed by atoms with Gasteiger partial charge in [-0.3, -0.25) is 13.9 Å². The molecule has 0 saturated carbocycles. The quantitative estimate of drug-likeness (QED) is 0.134. The minimum Gasteiger partial charge on any atom is -0.495 e. The molecule has 0 spiro atoms. The molecule has 0 heterocycles. The van der Waals surface area contributed by atoms with Gasteiger partial charge in [0.25, 0.3) is 10.0 Å². The maximum atomic E-state index is 14.6. The Morgan fingerprint density at radius 1 is 0.894 bits per heavy atom. The van der Waals surface area contributed by atoms with Crippen LogP contribution < -0.4 is 14.4 Å². The third-order valence-electron chi connectivity index (χ3n) is 7.71. The maximum Gasteiger partial charge on any atom is 0.264 e. The number of benzene rings is 4. The fourth-order valence-electron chi connectivity index (χ4n) is 5.05. The summed E-state index contributed by atoms with van der Waals surface area (Å²) in [6.07, 6.45) is 1.85. The monoisotopic (exact) mass is 695 g/mol. The van der Waals surface area contributed by atoms with Crippen LogP contribution in [0.15, 0.2) is 102 Å². The van der Waals surface area contributed by atoms with Gasteiger partial charge in [-0.2, -0.15) is 0 Å². The molecule has 0 aliphatic carbocycles. The van der Waals surface area contributed by atoms with Crippen molar-refractivity contribution in [1.29, 1.82) is 0 Å². The number of ether oxygens (including phenoxy) is 1. The van der Waals surface area contributed by atoms with Crippen LogP contribution in [0.4, 0.5) is 5.69 Å². The Balaban J connectivity index is 1.82. The Hall–Kier alpha value is -4.05. The summed E-state index contributed by atoms with van der Waals surface area (Å²) in [6, 6.07) is 26.4. The molecule has 47 heavy (non-hydrogen) atoms. The predicted molar refractivity (Wildman–Crippen MR) is 188 cm³/mol. The largest absolute Gasteiger partial charge is 0.495 e. The number of methoxy groups -OCH3 is 1. The van der Waals surface area contributed by atoms with E-state index in [0.717, 1.165) is 28.3 Å². The van der Waals surface area contributed by atoms with E-state index < -0.39 is 28.5 Å². The van der Waals surface area contributed by atoms with E-state index >= 15 is 0 Å². The number of rotatable bonds is 15. The zero-order valence-electron chi connectivity index (χ0n) is 26.7. The summed E-state index contributed by atoms with van der Waals surface area (Å²) in [5.74, 6) is -0.594. The SMILES string of the molecule is CCCCNC(=O)C(Cc1ccccc1)N(Cc1ccccc1Cl)C(=O)CN(c1ccc(OC)c(Cl)c1)S(=O)(=O)c1ccc(C)cc1. The first-order valence-electron chi connectivity index (χ1n) is 15.3. The second kappa shape index (κ2) is 16.7. The summed E-state index contributed by atoms with van der Waals surface area (Å²) in [6.45, 7) is 3.67. The minimum absolute atomic E-state index is 0.00126. The minimum atomic E-state index is -4.28. The van der Waals surface area contributed by atoms with Gasteiger partial charge < -0.3 is 15.0 Å². The third-order valence-corrected chi connectivity index (χ3v) is 10.2.